The Morgan fingerprint density at radius 2 is 2.08 bits per heavy atom. The minimum absolute atomic E-state index is 0.0122. The molecule has 0 radical (unpaired) electrons. The Kier molecular flexibility index (Phi) is 5.22. The van der Waals surface area contributed by atoms with E-state index < -0.39 is 0 Å². The van der Waals surface area contributed by atoms with Crippen LogP contribution in [0.4, 0.5) is 11.4 Å². The maximum Gasteiger partial charge on any atom is 0.293 e. The molecule has 0 aromatic heterocycles. The van der Waals surface area contributed by atoms with Crippen LogP contribution in [0.15, 0.2) is 18.2 Å². The van der Waals surface area contributed by atoms with Crippen molar-refractivity contribution in [3.05, 3.63) is 33.9 Å². The first-order valence-corrected chi connectivity index (χ1v) is 8.90. The van der Waals surface area contributed by atoms with Crippen molar-refractivity contribution in [3.63, 3.8) is 0 Å². The highest BCUT2D eigenvalue weighted by Crippen LogP contribution is 2.32. The van der Waals surface area contributed by atoms with Crippen molar-refractivity contribution < 1.29 is 14.5 Å². The summed E-state index contributed by atoms with van der Waals surface area (Å²) in [6.07, 6.45) is 2.17. The Morgan fingerprint density at radius 1 is 1.28 bits per heavy atom. The lowest BCUT2D eigenvalue weighted by atomic mass is 9.99. The Bertz CT molecular complexity index is 664. The zero-order valence-corrected chi connectivity index (χ0v) is 14.8. The first-order chi connectivity index (χ1) is 12.0. The minimum atomic E-state index is -0.382. The van der Waals surface area contributed by atoms with Crippen molar-refractivity contribution >= 4 is 17.3 Å². The Labute approximate surface area is 147 Å². The maximum atomic E-state index is 12.7. The molecule has 2 saturated heterocycles. The predicted octanol–water partition coefficient (Wildman–Crippen LogP) is 2.69. The van der Waals surface area contributed by atoms with Gasteiger partial charge in [-0.15, -0.1) is 0 Å². The van der Waals surface area contributed by atoms with Gasteiger partial charge >= 0.3 is 0 Å². The number of ether oxygens (including phenoxy) is 1. The second kappa shape index (κ2) is 7.39. The number of nitro benzene ring substituents is 1. The molecule has 2 atom stereocenters. The average molecular weight is 347 g/mol. The molecule has 0 aliphatic carbocycles. The number of carbonyl (C=O) groups is 1. The summed E-state index contributed by atoms with van der Waals surface area (Å²) in [5.41, 5.74) is 0.999. The van der Waals surface area contributed by atoms with Crippen LogP contribution in [0.5, 0.6) is 0 Å². The molecule has 0 spiro atoms. The predicted molar refractivity (Wildman–Crippen MR) is 95.0 cm³/mol. The monoisotopic (exact) mass is 347 g/mol. The fraction of sp³-hybridized carbons (Fsp3) is 0.611. The van der Waals surface area contributed by atoms with E-state index in [1.165, 1.54) is 6.07 Å². The standard InChI is InChI=1S/C18H25N3O4/c1-13-4-3-7-19(11-13)16-6-5-15(10-17(16)21(23)24)18(22)20-8-9-25-14(2)12-20/h5-6,10,13-14H,3-4,7-9,11-12H2,1-2H3/t13-,14+/m0/s1. The molecule has 1 amide bonds. The van der Waals surface area contributed by atoms with Crippen LogP contribution in [0.2, 0.25) is 0 Å². The summed E-state index contributed by atoms with van der Waals surface area (Å²) in [6, 6.07) is 4.87. The number of hydrogen-bond donors (Lipinski definition) is 0. The number of nitro groups is 1. The van der Waals surface area contributed by atoms with Crippen molar-refractivity contribution in [1.29, 1.82) is 0 Å². The first-order valence-electron chi connectivity index (χ1n) is 8.90. The van der Waals surface area contributed by atoms with Crippen molar-refractivity contribution in [2.45, 2.75) is 32.8 Å². The molecule has 0 unspecified atom stereocenters. The molecule has 0 bridgehead atoms. The van der Waals surface area contributed by atoms with Crippen LogP contribution in [0.3, 0.4) is 0 Å². The third-order valence-corrected chi connectivity index (χ3v) is 4.95. The van der Waals surface area contributed by atoms with Crippen molar-refractivity contribution in [2.24, 2.45) is 5.92 Å². The molecule has 7 heteroatoms. The lowest BCUT2D eigenvalue weighted by Gasteiger charge is -2.33. The molecule has 0 N–H and O–H groups in total. The van der Waals surface area contributed by atoms with Crippen LogP contribution in [-0.4, -0.2) is 54.6 Å². The summed E-state index contributed by atoms with van der Waals surface area (Å²) in [6.45, 7) is 7.24. The second-order valence-corrected chi connectivity index (χ2v) is 7.09. The van der Waals surface area contributed by atoms with Crippen molar-refractivity contribution in [3.8, 4) is 0 Å². The van der Waals surface area contributed by atoms with Gasteiger partial charge in [0.1, 0.15) is 5.69 Å². The van der Waals surface area contributed by atoms with E-state index in [2.05, 4.69) is 11.8 Å². The number of morpholine rings is 1. The molecule has 2 heterocycles. The van der Waals surface area contributed by atoms with Gasteiger partial charge in [0.25, 0.3) is 11.6 Å². The van der Waals surface area contributed by atoms with Crippen molar-refractivity contribution in [1.82, 2.24) is 4.90 Å². The van der Waals surface area contributed by atoms with Gasteiger partial charge in [-0.25, -0.2) is 0 Å². The number of anilines is 1. The zero-order valence-electron chi connectivity index (χ0n) is 14.8. The molecule has 1 aromatic carbocycles. The molecule has 136 valence electrons. The van der Waals surface area contributed by atoms with Gasteiger partial charge in [-0.2, -0.15) is 0 Å². The highest BCUT2D eigenvalue weighted by Gasteiger charge is 2.27. The normalized spacial score (nSPS) is 24.2. The van der Waals surface area contributed by atoms with E-state index in [1.807, 2.05) is 6.92 Å². The molecule has 25 heavy (non-hydrogen) atoms. The lowest BCUT2D eigenvalue weighted by molar-refractivity contribution is -0.384. The van der Waals surface area contributed by atoms with E-state index in [0.29, 0.717) is 36.9 Å². The van der Waals surface area contributed by atoms with Crippen LogP contribution >= 0.6 is 0 Å². The van der Waals surface area contributed by atoms with Gasteiger partial charge in [0.15, 0.2) is 0 Å². The zero-order chi connectivity index (χ0) is 18.0. The van der Waals surface area contributed by atoms with Crippen LogP contribution in [0.1, 0.15) is 37.0 Å². The van der Waals surface area contributed by atoms with Gasteiger partial charge in [-0.3, -0.25) is 14.9 Å². The van der Waals surface area contributed by atoms with Crippen LogP contribution in [0, 0.1) is 16.0 Å². The smallest absolute Gasteiger partial charge is 0.293 e. The van der Waals surface area contributed by atoms with E-state index in [-0.39, 0.29) is 22.6 Å². The summed E-state index contributed by atoms with van der Waals surface area (Å²) in [4.78, 5) is 27.7. The summed E-state index contributed by atoms with van der Waals surface area (Å²) >= 11 is 0. The topological polar surface area (TPSA) is 75.9 Å². The molecule has 2 aliphatic heterocycles. The molecule has 7 nitrogen and oxygen atoms in total. The van der Waals surface area contributed by atoms with E-state index in [4.69, 9.17) is 4.74 Å². The number of rotatable bonds is 3. The second-order valence-electron chi connectivity index (χ2n) is 7.09. The van der Waals surface area contributed by atoms with Gasteiger partial charge in [0, 0.05) is 37.8 Å². The molecule has 1 aromatic rings. The molecule has 3 rings (SSSR count). The Hall–Kier alpha value is -2.15. The van der Waals surface area contributed by atoms with E-state index in [1.54, 1.807) is 17.0 Å². The fourth-order valence-corrected chi connectivity index (χ4v) is 3.66. The summed E-state index contributed by atoms with van der Waals surface area (Å²) < 4.78 is 5.46. The largest absolute Gasteiger partial charge is 0.375 e. The third-order valence-electron chi connectivity index (χ3n) is 4.95. The lowest BCUT2D eigenvalue weighted by Crippen LogP contribution is -2.44. The number of nitrogens with zero attached hydrogens (tertiary/aromatic N) is 3. The number of amides is 1. The molecular weight excluding hydrogens is 322 g/mol. The van der Waals surface area contributed by atoms with Gasteiger partial charge in [-0.05, 0) is 37.8 Å². The van der Waals surface area contributed by atoms with Crippen molar-refractivity contribution in [2.75, 3.05) is 37.7 Å². The number of piperidine rings is 1. The summed E-state index contributed by atoms with van der Waals surface area (Å²) in [5.74, 6) is 0.348. The number of hydrogen-bond acceptors (Lipinski definition) is 5. The molecule has 0 saturated carbocycles. The van der Waals surface area contributed by atoms with Gasteiger partial charge < -0.3 is 14.5 Å². The van der Waals surface area contributed by atoms with Gasteiger partial charge in [0.2, 0.25) is 0 Å². The Morgan fingerprint density at radius 3 is 2.76 bits per heavy atom. The highest BCUT2D eigenvalue weighted by molar-refractivity contribution is 5.96. The highest BCUT2D eigenvalue weighted by atomic mass is 16.6. The number of carbonyl (C=O) groups excluding carboxylic acids is 1. The summed E-state index contributed by atoms with van der Waals surface area (Å²) in [5, 5.41) is 11.6. The SMILES string of the molecule is C[C@H]1CCCN(c2ccc(C(=O)N3CCO[C@H](C)C3)cc2[N+](=O)[O-])C1. The van der Waals surface area contributed by atoms with E-state index in [0.717, 1.165) is 25.9 Å². The average Bonchev–Trinajstić information content (AvgIpc) is 2.60. The van der Waals surface area contributed by atoms with Crippen LogP contribution in [-0.2, 0) is 4.74 Å². The summed E-state index contributed by atoms with van der Waals surface area (Å²) in [7, 11) is 0. The quantitative estimate of drug-likeness (QED) is 0.621. The van der Waals surface area contributed by atoms with Crippen LogP contribution in [0.25, 0.3) is 0 Å². The molecule has 2 fully saturated rings. The van der Waals surface area contributed by atoms with E-state index in [9.17, 15) is 14.9 Å². The van der Waals surface area contributed by atoms with Gasteiger partial charge in [-0.1, -0.05) is 6.92 Å². The van der Waals surface area contributed by atoms with Crippen LogP contribution < -0.4 is 4.90 Å². The molecular formula is C18H25N3O4. The fourth-order valence-electron chi connectivity index (χ4n) is 3.66. The van der Waals surface area contributed by atoms with Gasteiger partial charge in [0.05, 0.1) is 17.6 Å². The molecule has 2 aliphatic rings. The number of benzene rings is 1. The third kappa shape index (κ3) is 3.92. The maximum absolute atomic E-state index is 12.7. The minimum Gasteiger partial charge on any atom is -0.375 e. The Balaban J connectivity index is 1.86. The van der Waals surface area contributed by atoms with E-state index >= 15 is 0 Å². The first kappa shape index (κ1) is 17.7.